The highest BCUT2D eigenvalue weighted by atomic mass is 16.8. The van der Waals surface area contributed by atoms with Crippen molar-refractivity contribution in [1.82, 2.24) is 10.6 Å². The van der Waals surface area contributed by atoms with E-state index in [9.17, 15) is 101 Å². The first-order chi connectivity index (χ1) is 32.0. The molecule has 5 fully saturated rings. The smallest absolute Gasteiger partial charge is 0.364 e. The van der Waals surface area contributed by atoms with Crippen molar-refractivity contribution in [2.75, 3.05) is 33.0 Å². The maximum Gasteiger partial charge on any atom is 0.364 e. The number of ether oxygens (including phenoxy) is 9. The quantitative estimate of drug-likeness (QED) is 0.0606. The predicted molar refractivity (Wildman–Crippen MR) is 207 cm³/mol. The molecule has 2 amide bonds. The van der Waals surface area contributed by atoms with Crippen LogP contribution in [0.25, 0.3) is 0 Å². The van der Waals surface area contributed by atoms with Crippen LogP contribution in [0.15, 0.2) is 0 Å². The molecule has 26 atom stereocenters. The SMILES string of the molecule is CC(=O)N[C@H]1[C@@H](O[C@H]2[C@@H](O)[C@@H](CO)O[C@@H](O[C@H]3[C@H](O)[C@@H](O)[C@@H](O)O[C@@H]3CO)[C@@H]2O)O[C@H](CO)[C@@H](O)[C@@H]1O[C@@H]1O[C@H](CO)[C@H](O)[C@H](O[C@]2(C(=O)O)C[C@H](O)[C@@H](NC(C)=O)[C@H]([C@H](O)[C@H](O)CO)O2)[C@H]1O. The minimum atomic E-state index is -3.19. The van der Waals surface area contributed by atoms with Crippen molar-refractivity contribution in [2.24, 2.45) is 0 Å². The van der Waals surface area contributed by atoms with Gasteiger partial charge in [-0.3, -0.25) is 9.59 Å². The van der Waals surface area contributed by atoms with E-state index in [4.69, 9.17) is 42.6 Å². The van der Waals surface area contributed by atoms with Crippen molar-refractivity contribution in [3.05, 3.63) is 0 Å². The van der Waals surface area contributed by atoms with Gasteiger partial charge in [0.25, 0.3) is 5.79 Å². The molecule has 31 nitrogen and oxygen atoms in total. The number of carboxylic acid groups (broad SMARTS) is 1. The maximum absolute atomic E-state index is 13.0. The van der Waals surface area contributed by atoms with Gasteiger partial charge >= 0.3 is 5.97 Å². The molecular formula is C37H62N2O29. The fraction of sp³-hybridized carbons (Fsp3) is 0.919. The van der Waals surface area contributed by atoms with Crippen molar-refractivity contribution in [1.29, 1.82) is 0 Å². The molecule has 0 unspecified atom stereocenters. The van der Waals surface area contributed by atoms with Crippen LogP contribution in [0.3, 0.4) is 0 Å². The monoisotopic (exact) mass is 998 g/mol. The lowest BCUT2D eigenvalue weighted by molar-refractivity contribution is -0.389. The zero-order valence-corrected chi connectivity index (χ0v) is 36.2. The van der Waals surface area contributed by atoms with Crippen LogP contribution in [0.2, 0.25) is 0 Å². The van der Waals surface area contributed by atoms with Crippen LogP contribution in [0.4, 0.5) is 0 Å². The molecule has 0 aromatic heterocycles. The summed E-state index contributed by atoms with van der Waals surface area (Å²) in [6.45, 7) is -3.28. The standard InChI is InChI=1S/C37H62N2O29/c1-9(45)38-17-11(47)3-37(36(58)59,67-29(17)19(49)12(48)4-40)68-31-22(52)15(7-43)63-35(26(31)56)65-28-18(39-10(2)46)33(61-13(5-41)20(28)50)66-30-21(51)14(6-42)62-34(25(30)55)64-27-16(8-44)60-32(57)24(54)23(27)53/h11-35,40-44,47-57H,3-8H2,1-2H3,(H,38,45)(H,39,46)(H,58,59)/t11-,12+,13+,14+,15+,16+,17+,18+,19+,20+,21-,22-,23+,24+,25+,26+,27+,28+,29+,30-,31-,32-,33+,34-,35-,37-/m0/s1. The Hall–Kier alpha value is -2.59. The summed E-state index contributed by atoms with van der Waals surface area (Å²) in [6.07, 6.45) is -47.6. The number of hydrogen-bond acceptors (Lipinski definition) is 28. The molecule has 31 heteroatoms. The highest BCUT2D eigenvalue weighted by molar-refractivity contribution is 5.76. The predicted octanol–water partition coefficient (Wildman–Crippen LogP) is -12.4. The second-order valence-electron chi connectivity index (χ2n) is 16.8. The van der Waals surface area contributed by atoms with Crippen LogP contribution < -0.4 is 10.6 Å². The average Bonchev–Trinajstić information content (AvgIpc) is 3.29. The van der Waals surface area contributed by atoms with Gasteiger partial charge < -0.3 is 140 Å². The third kappa shape index (κ3) is 11.8. The van der Waals surface area contributed by atoms with E-state index in [-0.39, 0.29) is 0 Å². The largest absolute Gasteiger partial charge is 0.477 e. The number of aliphatic carboxylic acids is 1. The van der Waals surface area contributed by atoms with E-state index in [1.54, 1.807) is 0 Å². The molecule has 0 aromatic carbocycles. The van der Waals surface area contributed by atoms with Crippen molar-refractivity contribution in [2.45, 2.75) is 179 Å². The zero-order valence-electron chi connectivity index (χ0n) is 36.2. The summed E-state index contributed by atoms with van der Waals surface area (Å²) in [6, 6.07) is -3.51. The second-order valence-corrected chi connectivity index (χ2v) is 16.8. The number of carbonyl (C=O) groups is 3. The van der Waals surface area contributed by atoms with Gasteiger partial charge in [0.15, 0.2) is 25.2 Å². The maximum atomic E-state index is 13.0. The summed E-state index contributed by atoms with van der Waals surface area (Å²) in [5, 5.41) is 185. The number of amides is 2. The number of rotatable bonds is 18. The van der Waals surface area contributed by atoms with Gasteiger partial charge in [-0.1, -0.05) is 0 Å². The van der Waals surface area contributed by atoms with Crippen LogP contribution in [-0.4, -0.2) is 297 Å². The Bertz CT molecular complexity index is 1660. The van der Waals surface area contributed by atoms with Gasteiger partial charge in [-0.2, -0.15) is 0 Å². The second kappa shape index (κ2) is 23.8. The molecule has 0 saturated carbocycles. The Labute approximate surface area is 384 Å². The first-order valence-corrected chi connectivity index (χ1v) is 21.2. The van der Waals surface area contributed by atoms with Gasteiger partial charge in [0.05, 0.1) is 45.2 Å². The highest BCUT2D eigenvalue weighted by Gasteiger charge is 2.61. The van der Waals surface area contributed by atoms with E-state index < -0.39 is 216 Å². The first-order valence-electron chi connectivity index (χ1n) is 21.2. The van der Waals surface area contributed by atoms with E-state index in [2.05, 4.69) is 10.6 Å². The Morgan fingerprint density at radius 1 is 0.574 bits per heavy atom. The van der Waals surface area contributed by atoms with E-state index in [1.165, 1.54) is 0 Å². The number of carboxylic acids is 1. The van der Waals surface area contributed by atoms with Crippen LogP contribution in [0, 0.1) is 0 Å². The van der Waals surface area contributed by atoms with Gasteiger partial charge in [-0.25, -0.2) is 4.79 Å². The molecule has 0 spiro atoms. The lowest BCUT2D eigenvalue weighted by Gasteiger charge is -2.51. The Kier molecular flexibility index (Phi) is 19.7. The van der Waals surface area contributed by atoms with E-state index in [0.29, 0.717) is 0 Å². The summed E-state index contributed by atoms with van der Waals surface area (Å²) in [5.41, 5.74) is 0. The molecule has 394 valence electrons. The zero-order chi connectivity index (χ0) is 50.7. The van der Waals surface area contributed by atoms with E-state index in [0.717, 1.165) is 13.8 Å². The minimum absolute atomic E-state index is 0.818. The average molecular weight is 999 g/mol. The fourth-order valence-electron chi connectivity index (χ4n) is 8.53. The Morgan fingerprint density at radius 3 is 1.53 bits per heavy atom. The van der Waals surface area contributed by atoms with Gasteiger partial charge in [0.2, 0.25) is 11.8 Å². The molecule has 5 aliphatic heterocycles. The van der Waals surface area contributed by atoms with Gasteiger partial charge in [-0.15, -0.1) is 0 Å². The fourth-order valence-corrected chi connectivity index (χ4v) is 8.53. The Balaban J connectivity index is 1.45. The van der Waals surface area contributed by atoms with E-state index in [1.807, 2.05) is 0 Å². The molecule has 5 saturated heterocycles. The Morgan fingerprint density at radius 2 is 1.03 bits per heavy atom. The summed E-state index contributed by atoms with van der Waals surface area (Å²) >= 11 is 0. The van der Waals surface area contributed by atoms with E-state index >= 15 is 0 Å². The van der Waals surface area contributed by atoms with Crippen molar-refractivity contribution < 1.29 is 144 Å². The number of nitrogens with one attached hydrogen (secondary N) is 2. The molecule has 0 aromatic rings. The van der Waals surface area contributed by atoms with Crippen LogP contribution in [0.5, 0.6) is 0 Å². The molecule has 0 radical (unpaired) electrons. The minimum Gasteiger partial charge on any atom is -0.477 e. The molecule has 0 aliphatic carbocycles. The van der Waals surface area contributed by atoms with Crippen LogP contribution in [-0.2, 0) is 57.0 Å². The number of aliphatic hydroxyl groups is 16. The topological polar surface area (TPSA) is 502 Å². The van der Waals surface area contributed by atoms with Crippen LogP contribution >= 0.6 is 0 Å². The van der Waals surface area contributed by atoms with Gasteiger partial charge in [-0.05, 0) is 0 Å². The normalized spacial score (nSPS) is 46.6. The summed E-state index contributed by atoms with van der Waals surface area (Å²) in [4.78, 5) is 37.7. The van der Waals surface area contributed by atoms with Gasteiger partial charge in [0, 0.05) is 20.3 Å². The number of aliphatic hydroxyl groups excluding tert-OH is 16. The lowest BCUT2D eigenvalue weighted by atomic mass is 9.88. The summed E-state index contributed by atoms with van der Waals surface area (Å²) in [7, 11) is 0. The first kappa shape index (κ1) is 56.3. The van der Waals surface area contributed by atoms with Gasteiger partial charge in [0.1, 0.15) is 116 Å². The molecule has 5 aliphatic rings. The third-order valence-corrected chi connectivity index (χ3v) is 12.1. The molecule has 0 bridgehead atoms. The molecule has 5 rings (SSSR count). The number of hydrogen-bond donors (Lipinski definition) is 19. The van der Waals surface area contributed by atoms with Crippen LogP contribution in [0.1, 0.15) is 20.3 Å². The van der Waals surface area contributed by atoms with Crippen molar-refractivity contribution in [3.8, 4) is 0 Å². The highest BCUT2D eigenvalue weighted by Crippen LogP contribution is 2.39. The molecule has 5 heterocycles. The third-order valence-electron chi connectivity index (χ3n) is 12.1. The lowest BCUT2D eigenvalue weighted by Crippen LogP contribution is -2.71. The summed E-state index contributed by atoms with van der Waals surface area (Å²) in [5.74, 6) is -6.99. The molecule has 68 heavy (non-hydrogen) atoms. The van der Waals surface area contributed by atoms with Crippen molar-refractivity contribution in [3.63, 3.8) is 0 Å². The molecule has 19 N–H and O–H groups in total. The molecular weight excluding hydrogens is 936 g/mol. The summed E-state index contributed by atoms with van der Waals surface area (Å²) < 4.78 is 50.7. The number of carbonyl (C=O) groups excluding carboxylic acids is 2. The van der Waals surface area contributed by atoms with Crippen molar-refractivity contribution >= 4 is 17.8 Å².